The lowest BCUT2D eigenvalue weighted by Gasteiger charge is -2.14. The van der Waals surface area contributed by atoms with Crippen molar-refractivity contribution in [3.63, 3.8) is 0 Å². The fraction of sp³-hybridized carbons (Fsp3) is 0.538. The zero-order valence-corrected chi connectivity index (χ0v) is 12.0. The topological polar surface area (TPSA) is 30.5 Å². The highest BCUT2D eigenvalue weighted by atomic mass is 79.9. The molecule has 1 aromatic rings. The molecule has 1 N–H and O–H groups in total. The molecule has 17 heavy (non-hydrogen) atoms. The van der Waals surface area contributed by atoms with Gasteiger partial charge in [0.15, 0.2) is 0 Å². The van der Waals surface area contributed by atoms with Crippen molar-refractivity contribution >= 4 is 15.9 Å². The number of benzene rings is 1. The molecule has 0 aliphatic heterocycles. The van der Waals surface area contributed by atoms with Crippen LogP contribution in [0.4, 0.5) is 0 Å². The Labute approximate surface area is 112 Å². The molecule has 0 amide bonds. The molecule has 0 unspecified atom stereocenters. The van der Waals surface area contributed by atoms with E-state index in [0.29, 0.717) is 25.9 Å². The van der Waals surface area contributed by atoms with Gasteiger partial charge in [0.25, 0.3) is 0 Å². The summed E-state index contributed by atoms with van der Waals surface area (Å²) in [6.07, 6.45) is 0. The van der Waals surface area contributed by atoms with Crippen LogP contribution in [-0.4, -0.2) is 33.5 Å². The predicted molar refractivity (Wildman–Crippen MR) is 73.3 cm³/mol. The molecular formula is C13H20BrNO2. The van der Waals surface area contributed by atoms with Crippen LogP contribution in [0, 0.1) is 0 Å². The Morgan fingerprint density at radius 3 is 2.53 bits per heavy atom. The maximum absolute atomic E-state index is 5.38. The second-order valence-corrected chi connectivity index (χ2v) is 4.75. The Balaban J connectivity index is 2.16. The number of rotatable bonds is 8. The van der Waals surface area contributed by atoms with Crippen molar-refractivity contribution < 1.29 is 9.47 Å². The Morgan fingerprint density at radius 2 is 1.88 bits per heavy atom. The van der Waals surface area contributed by atoms with Gasteiger partial charge in [0.2, 0.25) is 0 Å². The number of halogens is 1. The molecule has 0 saturated carbocycles. The van der Waals surface area contributed by atoms with Gasteiger partial charge in [0, 0.05) is 24.2 Å². The second kappa shape index (κ2) is 8.64. The summed E-state index contributed by atoms with van der Waals surface area (Å²) >= 11 is 3.43. The molecule has 3 nitrogen and oxygen atoms in total. The molecule has 1 aromatic carbocycles. The monoisotopic (exact) mass is 301 g/mol. The molecular weight excluding hydrogens is 282 g/mol. The zero-order chi connectivity index (χ0) is 12.5. The summed E-state index contributed by atoms with van der Waals surface area (Å²) in [6.45, 7) is 5.02. The second-order valence-electron chi connectivity index (χ2n) is 3.83. The summed E-state index contributed by atoms with van der Waals surface area (Å²) < 4.78 is 11.4. The van der Waals surface area contributed by atoms with Crippen LogP contribution in [-0.2, 0) is 9.47 Å². The lowest BCUT2D eigenvalue weighted by molar-refractivity contribution is 0.0712. The Bertz CT molecular complexity index is 303. The number of methoxy groups -OCH3 is 1. The third kappa shape index (κ3) is 6.17. The number of nitrogens with one attached hydrogen (secondary N) is 1. The molecule has 0 radical (unpaired) electrons. The summed E-state index contributed by atoms with van der Waals surface area (Å²) in [5.74, 6) is 0. The number of ether oxygens (including phenoxy) is 2. The molecule has 1 rings (SSSR count). The van der Waals surface area contributed by atoms with Gasteiger partial charge in [-0.25, -0.2) is 0 Å². The SMILES string of the molecule is COCCOCCN[C@@H](C)c1ccc(Br)cc1. The average Bonchev–Trinajstić information content (AvgIpc) is 2.34. The largest absolute Gasteiger partial charge is 0.382 e. The number of hydrogen-bond donors (Lipinski definition) is 1. The maximum Gasteiger partial charge on any atom is 0.0700 e. The quantitative estimate of drug-likeness (QED) is 0.749. The van der Waals surface area contributed by atoms with E-state index in [1.54, 1.807) is 7.11 Å². The third-order valence-corrected chi connectivity index (χ3v) is 3.03. The molecule has 96 valence electrons. The van der Waals surface area contributed by atoms with Gasteiger partial charge in [0.05, 0.1) is 19.8 Å². The molecule has 0 aromatic heterocycles. The molecule has 0 aliphatic carbocycles. The van der Waals surface area contributed by atoms with Crippen LogP contribution in [0.3, 0.4) is 0 Å². The van der Waals surface area contributed by atoms with Crippen molar-refractivity contribution in [1.82, 2.24) is 5.32 Å². The molecule has 4 heteroatoms. The van der Waals surface area contributed by atoms with E-state index in [2.05, 4.69) is 52.4 Å². The maximum atomic E-state index is 5.38. The highest BCUT2D eigenvalue weighted by Crippen LogP contribution is 2.16. The van der Waals surface area contributed by atoms with Crippen LogP contribution >= 0.6 is 15.9 Å². The van der Waals surface area contributed by atoms with E-state index < -0.39 is 0 Å². The average molecular weight is 302 g/mol. The van der Waals surface area contributed by atoms with Crippen molar-refractivity contribution in [1.29, 1.82) is 0 Å². The van der Waals surface area contributed by atoms with Gasteiger partial charge in [-0.1, -0.05) is 28.1 Å². The fourth-order valence-corrected chi connectivity index (χ4v) is 1.73. The van der Waals surface area contributed by atoms with E-state index in [1.807, 2.05) is 0 Å². The summed E-state index contributed by atoms with van der Waals surface area (Å²) in [5, 5.41) is 3.41. The summed E-state index contributed by atoms with van der Waals surface area (Å²) in [6, 6.07) is 8.70. The Kier molecular flexibility index (Phi) is 7.44. The molecule has 0 fully saturated rings. The summed E-state index contributed by atoms with van der Waals surface area (Å²) in [7, 11) is 1.68. The molecule has 0 saturated heterocycles. The van der Waals surface area contributed by atoms with Crippen molar-refractivity contribution in [3.05, 3.63) is 34.3 Å². The smallest absolute Gasteiger partial charge is 0.0700 e. The minimum absolute atomic E-state index is 0.342. The third-order valence-electron chi connectivity index (χ3n) is 2.50. The first-order valence-electron chi connectivity index (χ1n) is 5.79. The molecule has 0 bridgehead atoms. The minimum Gasteiger partial charge on any atom is -0.382 e. The normalized spacial score (nSPS) is 12.6. The van der Waals surface area contributed by atoms with E-state index in [1.165, 1.54) is 5.56 Å². The van der Waals surface area contributed by atoms with Gasteiger partial charge in [-0.05, 0) is 24.6 Å². The van der Waals surface area contributed by atoms with E-state index in [-0.39, 0.29) is 0 Å². The van der Waals surface area contributed by atoms with Gasteiger partial charge in [-0.15, -0.1) is 0 Å². The first-order chi connectivity index (χ1) is 8.24. The lowest BCUT2D eigenvalue weighted by atomic mass is 10.1. The fourth-order valence-electron chi connectivity index (χ4n) is 1.46. The van der Waals surface area contributed by atoms with Crippen molar-refractivity contribution in [2.24, 2.45) is 0 Å². The first-order valence-corrected chi connectivity index (χ1v) is 6.59. The lowest BCUT2D eigenvalue weighted by Crippen LogP contribution is -2.23. The summed E-state index contributed by atoms with van der Waals surface area (Å²) in [5.41, 5.74) is 1.28. The zero-order valence-electron chi connectivity index (χ0n) is 10.4. The molecule has 0 heterocycles. The van der Waals surface area contributed by atoms with Crippen LogP contribution in [0.1, 0.15) is 18.5 Å². The van der Waals surface area contributed by atoms with Gasteiger partial charge in [-0.2, -0.15) is 0 Å². The van der Waals surface area contributed by atoms with Crippen LogP contribution in [0.15, 0.2) is 28.7 Å². The highest BCUT2D eigenvalue weighted by Gasteiger charge is 2.03. The highest BCUT2D eigenvalue weighted by molar-refractivity contribution is 9.10. The van der Waals surface area contributed by atoms with E-state index in [4.69, 9.17) is 9.47 Å². The number of hydrogen-bond acceptors (Lipinski definition) is 3. The molecule has 1 atom stereocenters. The van der Waals surface area contributed by atoms with E-state index in [0.717, 1.165) is 11.0 Å². The van der Waals surface area contributed by atoms with Crippen LogP contribution < -0.4 is 5.32 Å². The standard InChI is InChI=1S/C13H20BrNO2/c1-11(12-3-5-13(14)6-4-12)15-7-8-17-10-9-16-2/h3-6,11,15H,7-10H2,1-2H3/t11-/m0/s1. The first kappa shape index (κ1) is 14.6. The molecule has 0 aliphatic rings. The van der Waals surface area contributed by atoms with Crippen LogP contribution in [0.2, 0.25) is 0 Å². The van der Waals surface area contributed by atoms with Crippen LogP contribution in [0.25, 0.3) is 0 Å². The van der Waals surface area contributed by atoms with Crippen molar-refractivity contribution in [2.75, 3.05) is 33.5 Å². The van der Waals surface area contributed by atoms with E-state index >= 15 is 0 Å². The van der Waals surface area contributed by atoms with Crippen molar-refractivity contribution in [3.8, 4) is 0 Å². The van der Waals surface area contributed by atoms with Gasteiger partial charge < -0.3 is 14.8 Å². The van der Waals surface area contributed by atoms with Gasteiger partial charge >= 0.3 is 0 Å². The van der Waals surface area contributed by atoms with Gasteiger partial charge in [0.1, 0.15) is 0 Å². The predicted octanol–water partition coefficient (Wildman–Crippen LogP) is 2.76. The van der Waals surface area contributed by atoms with Crippen molar-refractivity contribution in [2.45, 2.75) is 13.0 Å². The van der Waals surface area contributed by atoms with E-state index in [9.17, 15) is 0 Å². The molecule has 0 spiro atoms. The Hall–Kier alpha value is -0.420. The van der Waals surface area contributed by atoms with Gasteiger partial charge in [-0.3, -0.25) is 0 Å². The summed E-state index contributed by atoms with van der Waals surface area (Å²) in [4.78, 5) is 0. The minimum atomic E-state index is 0.342. The Morgan fingerprint density at radius 1 is 1.18 bits per heavy atom. The van der Waals surface area contributed by atoms with Crippen LogP contribution in [0.5, 0.6) is 0 Å².